The lowest BCUT2D eigenvalue weighted by molar-refractivity contribution is 0.0596. The van der Waals surface area contributed by atoms with Crippen LogP contribution in [-0.2, 0) is 11.3 Å². The van der Waals surface area contributed by atoms with Gasteiger partial charge >= 0.3 is 5.97 Å². The van der Waals surface area contributed by atoms with Crippen LogP contribution in [0.2, 0.25) is 0 Å². The van der Waals surface area contributed by atoms with Gasteiger partial charge in [-0.25, -0.2) is 4.79 Å². The van der Waals surface area contributed by atoms with Crippen molar-refractivity contribution >= 4 is 11.9 Å². The summed E-state index contributed by atoms with van der Waals surface area (Å²) in [6.45, 7) is 6.15. The zero-order valence-corrected chi connectivity index (χ0v) is 15.3. The minimum atomic E-state index is -0.395. The van der Waals surface area contributed by atoms with E-state index >= 15 is 0 Å². The summed E-state index contributed by atoms with van der Waals surface area (Å²) in [7, 11) is 1.34. The van der Waals surface area contributed by atoms with Gasteiger partial charge in [0.15, 0.2) is 0 Å². The van der Waals surface area contributed by atoms with Crippen molar-refractivity contribution in [1.82, 2.24) is 9.80 Å². The Morgan fingerprint density at radius 2 is 1.46 bits per heavy atom. The lowest BCUT2D eigenvalue weighted by Crippen LogP contribution is -2.48. The number of carbonyl (C=O) groups is 2. The van der Waals surface area contributed by atoms with Gasteiger partial charge in [-0.15, -0.1) is 0 Å². The number of methoxy groups -OCH3 is 1. The van der Waals surface area contributed by atoms with Crippen LogP contribution in [0, 0.1) is 6.92 Å². The number of aryl methyl sites for hydroxylation is 1. The third-order valence-corrected chi connectivity index (χ3v) is 4.74. The fraction of sp³-hybridized carbons (Fsp3) is 0.333. The first kappa shape index (κ1) is 18.1. The van der Waals surface area contributed by atoms with Gasteiger partial charge in [0.2, 0.25) is 0 Å². The smallest absolute Gasteiger partial charge is 0.337 e. The number of esters is 1. The minimum absolute atomic E-state index is 0.0106. The Labute approximate surface area is 154 Å². The maximum absolute atomic E-state index is 12.6. The van der Waals surface area contributed by atoms with E-state index in [0.717, 1.165) is 19.6 Å². The lowest BCUT2D eigenvalue weighted by atomic mass is 10.1. The fourth-order valence-corrected chi connectivity index (χ4v) is 3.11. The van der Waals surface area contributed by atoms with Crippen LogP contribution < -0.4 is 0 Å². The number of nitrogens with zero attached hydrogens (tertiary/aromatic N) is 2. The first-order chi connectivity index (χ1) is 12.6. The van der Waals surface area contributed by atoms with Crippen molar-refractivity contribution < 1.29 is 14.3 Å². The largest absolute Gasteiger partial charge is 0.465 e. The van der Waals surface area contributed by atoms with Gasteiger partial charge in [-0.1, -0.05) is 29.8 Å². The van der Waals surface area contributed by atoms with E-state index in [4.69, 9.17) is 0 Å². The molecule has 1 aliphatic rings. The Kier molecular flexibility index (Phi) is 5.68. The Balaban J connectivity index is 1.54. The molecule has 1 fully saturated rings. The molecular weight excluding hydrogens is 328 g/mol. The van der Waals surface area contributed by atoms with Crippen molar-refractivity contribution in [2.24, 2.45) is 0 Å². The van der Waals surface area contributed by atoms with Crippen LogP contribution >= 0.6 is 0 Å². The van der Waals surface area contributed by atoms with E-state index in [1.807, 2.05) is 4.90 Å². The lowest BCUT2D eigenvalue weighted by Gasteiger charge is -2.34. The standard InChI is InChI=1S/C21H24N2O3/c1-16-3-5-17(6-4-16)15-22-11-13-23(14-12-22)20(24)18-7-9-19(10-8-18)21(25)26-2/h3-10H,11-15H2,1-2H3. The summed E-state index contributed by atoms with van der Waals surface area (Å²) in [6.07, 6.45) is 0. The van der Waals surface area contributed by atoms with Crippen LogP contribution in [-0.4, -0.2) is 55.0 Å². The number of benzene rings is 2. The molecule has 0 aliphatic carbocycles. The average Bonchev–Trinajstić information content (AvgIpc) is 2.69. The van der Waals surface area contributed by atoms with Gasteiger partial charge in [-0.3, -0.25) is 9.69 Å². The SMILES string of the molecule is COC(=O)c1ccc(C(=O)N2CCN(Cc3ccc(C)cc3)CC2)cc1. The third-order valence-electron chi connectivity index (χ3n) is 4.74. The van der Waals surface area contributed by atoms with E-state index in [2.05, 4.69) is 40.8 Å². The molecule has 1 amide bonds. The predicted octanol–water partition coefficient (Wildman–Crippen LogP) is 2.74. The molecule has 1 aliphatic heterocycles. The van der Waals surface area contributed by atoms with E-state index in [9.17, 15) is 9.59 Å². The van der Waals surface area contributed by atoms with Gasteiger partial charge in [0.25, 0.3) is 5.91 Å². The van der Waals surface area contributed by atoms with Crippen LogP contribution in [0.25, 0.3) is 0 Å². The summed E-state index contributed by atoms with van der Waals surface area (Å²) in [5.74, 6) is -0.384. The highest BCUT2D eigenvalue weighted by Gasteiger charge is 2.22. The zero-order chi connectivity index (χ0) is 18.5. The third kappa shape index (κ3) is 4.29. The summed E-state index contributed by atoms with van der Waals surface area (Å²) in [4.78, 5) is 28.4. The fourth-order valence-electron chi connectivity index (χ4n) is 3.11. The first-order valence-electron chi connectivity index (χ1n) is 8.82. The number of hydrogen-bond acceptors (Lipinski definition) is 4. The number of piperazine rings is 1. The molecule has 0 unspecified atom stereocenters. The number of amides is 1. The van der Waals surface area contributed by atoms with Gasteiger partial charge in [0.05, 0.1) is 12.7 Å². The van der Waals surface area contributed by atoms with E-state index in [1.54, 1.807) is 24.3 Å². The molecule has 2 aromatic rings. The topological polar surface area (TPSA) is 49.9 Å². The van der Waals surface area contributed by atoms with Crippen molar-refractivity contribution in [3.63, 3.8) is 0 Å². The molecule has 0 radical (unpaired) electrons. The number of rotatable bonds is 4. The predicted molar refractivity (Wildman–Crippen MR) is 100 cm³/mol. The van der Waals surface area contributed by atoms with Crippen molar-refractivity contribution in [2.75, 3.05) is 33.3 Å². The highest BCUT2D eigenvalue weighted by atomic mass is 16.5. The molecule has 1 saturated heterocycles. The quantitative estimate of drug-likeness (QED) is 0.794. The van der Waals surface area contributed by atoms with E-state index in [-0.39, 0.29) is 5.91 Å². The maximum Gasteiger partial charge on any atom is 0.337 e. The Morgan fingerprint density at radius 1 is 0.885 bits per heavy atom. The Morgan fingerprint density at radius 3 is 2.04 bits per heavy atom. The van der Waals surface area contributed by atoms with Crippen LogP contribution in [0.15, 0.2) is 48.5 Å². The molecule has 26 heavy (non-hydrogen) atoms. The second-order valence-corrected chi connectivity index (χ2v) is 6.62. The molecule has 0 aromatic heterocycles. The van der Waals surface area contributed by atoms with E-state index in [1.165, 1.54) is 18.2 Å². The minimum Gasteiger partial charge on any atom is -0.465 e. The normalized spacial score (nSPS) is 14.9. The monoisotopic (exact) mass is 352 g/mol. The Bertz CT molecular complexity index is 761. The van der Waals surface area contributed by atoms with E-state index in [0.29, 0.717) is 24.2 Å². The molecule has 0 N–H and O–H groups in total. The highest BCUT2D eigenvalue weighted by Crippen LogP contribution is 2.13. The summed E-state index contributed by atoms with van der Waals surface area (Å²) in [5, 5.41) is 0. The molecule has 0 atom stereocenters. The Hall–Kier alpha value is -2.66. The van der Waals surface area contributed by atoms with Gasteiger partial charge in [0, 0.05) is 38.3 Å². The van der Waals surface area contributed by atoms with Crippen LogP contribution in [0.4, 0.5) is 0 Å². The maximum atomic E-state index is 12.6. The summed E-state index contributed by atoms with van der Waals surface area (Å²) >= 11 is 0. The molecule has 1 heterocycles. The van der Waals surface area contributed by atoms with Crippen LogP contribution in [0.1, 0.15) is 31.8 Å². The van der Waals surface area contributed by atoms with E-state index < -0.39 is 5.97 Å². The molecule has 2 aromatic carbocycles. The second kappa shape index (κ2) is 8.15. The first-order valence-corrected chi connectivity index (χ1v) is 8.82. The molecule has 136 valence electrons. The molecular formula is C21H24N2O3. The summed E-state index contributed by atoms with van der Waals surface area (Å²) in [5.41, 5.74) is 3.62. The molecule has 0 bridgehead atoms. The van der Waals surface area contributed by atoms with Gasteiger partial charge in [0.1, 0.15) is 0 Å². The average molecular weight is 352 g/mol. The molecule has 5 nitrogen and oxygen atoms in total. The number of ether oxygens (including phenoxy) is 1. The molecule has 5 heteroatoms. The highest BCUT2D eigenvalue weighted by molar-refractivity contribution is 5.96. The van der Waals surface area contributed by atoms with Gasteiger partial charge in [-0.05, 0) is 36.8 Å². The second-order valence-electron chi connectivity index (χ2n) is 6.62. The van der Waals surface area contributed by atoms with Crippen LogP contribution in [0.5, 0.6) is 0 Å². The zero-order valence-electron chi connectivity index (χ0n) is 15.3. The molecule has 3 rings (SSSR count). The van der Waals surface area contributed by atoms with Crippen molar-refractivity contribution in [3.8, 4) is 0 Å². The van der Waals surface area contributed by atoms with Crippen molar-refractivity contribution in [1.29, 1.82) is 0 Å². The summed E-state index contributed by atoms with van der Waals surface area (Å²) in [6, 6.07) is 15.2. The van der Waals surface area contributed by atoms with Crippen molar-refractivity contribution in [2.45, 2.75) is 13.5 Å². The number of hydrogen-bond donors (Lipinski definition) is 0. The van der Waals surface area contributed by atoms with Gasteiger partial charge in [-0.2, -0.15) is 0 Å². The number of carbonyl (C=O) groups excluding carboxylic acids is 2. The summed E-state index contributed by atoms with van der Waals surface area (Å²) < 4.78 is 4.68. The van der Waals surface area contributed by atoms with Gasteiger partial charge < -0.3 is 9.64 Å². The molecule has 0 spiro atoms. The van der Waals surface area contributed by atoms with Crippen LogP contribution in [0.3, 0.4) is 0 Å². The van der Waals surface area contributed by atoms with Crippen molar-refractivity contribution in [3.05, 3.63) is 70.8 Å². The molecule has 0 saturated carbocycles.